The fourth-order valence-corrected chi connectivity index (χ4v) is 4.86. The molecule has 1 aromatic heterocycles. The maximum atomic E-state index is 13.2. The molecule has 3 rings (SSSR count). The van der Waals surface area contributed by atoms with E-state index in [1.54, 1.807) is 12.1 Å². The average molecular weight is 432 g/mol. The summed E-state index contributed by atoms with van der Waals surface area (Å²) in [5.41, 5.74) is 1.51. The predicted octanol–water partition coefficient (Wildman–Crippen LogP) is 4.66. The number of likely N-dealkylation sites (tertiary alicyclic amines) is 1. The van der Waals surface area contributed by atoms with Gasteiger partial charge in [0.05, 0.1) is 5.69 Å². The molecule has 0 bridgehead atoms. The molecule has 2 aromatic rings. The summed E-state index contributed by atoms with van der Waals surface area (Å²) in [7, 11) is 0. The number of thiazole rings is 1. The second kappa shape index (κ2) is 10.2. The predicted molar refractivity (Wildman–Crippen MR) is 118 cm³/mol. The van der Waals surface area contributed by atoms with Crippen molar-refractivity contribution in [2.75, 3.05) is 19.6 Å². The molecule has 162 valence electrons. The standard InChI is InChI=1S/C23H30FN3O2S/c1-4-5-12-25-21(28)15(2)17-10-13-27(14-11-17)23(29)20-16(3)26-22(30-20)18-6-8-19(24)9-7-18/h6-9,15,17H,4-5,10-14H2,1-3H3,(H,25,28). The van der Waals surface area contributed by atoms with Gasteiger partial charge in [0.2, 0.25) is 5.91 Å². The van der Waals surface area contributed by atoms with E-state index < -0.39 is 0 Å². The van der Waals surface area contributed by atoms with Crippen molar-refractivity contribution in [2.45, 2.75) is 46.5 Å². The molecule has 0 saturated carbocycles. The molecule has 2 amide bonds. The Morgan fingerprint density at radius 3 is 2.57 bits per heavy atom. The maximum absolute atomic E-state index is 13.2. The number of halogens is 1. The number of unbranched alkanes of at least 4 members (excludes halogenated alkanes) is 1. The molecule has 0 spiro atoms. The number of carbonyl (C=O) groups excluding carboxylic acids is 2. The van der Waals surface area contributed by atoms with Gasteiger partial charge in [0.25, 0.3) is 5.91 Å². The van der Waals surface area contributed by atoms with Crippen LogP contribution in [-0.4, -0.2) is 41.3 Å². The fourth-order valence-electron chi connectivity index (χ4n) is 3.82. The highest BCUT2D eigenvalue weighted by atomic mass is 32.1. The van der Waals surface area contributed by atoms with Gasteiger partial charge in [-0.1, -0.05) is 20.3 Å². The van der Waals surface area contributed by atoms with E-state index >= 15 is 0 Å². The van der Waals surface area contributed by atoms with Crippen LogP contribution < -0.4 is 5.32 Å². The lowest BCUT2D eigenvalue weighted by atomic mass is 9.84. The first-order chi connectivity index (χ1) is 14.4. The first-order valence-corrected chi connectivity index (χ1v) is 11.5. The molecule has 7 heteroatoms. The van der Waals surface area contributed by atoms with E-state index in [1.807, 2.05) is 18.7 Å². The number of nitrogens with one attached hydrogen (secondary N) is 1. The molecule has 1 N–H and O–H groups in total. The van der Waals surface area contributed by atoms with E-state index in [9.17, 15) is 14.0 Å². The second-order valence-electron chi connectivity index (χ2n) is 8.00. The Hall–Kier alpha value is -2.28. The zero-order valence-electron chi connectivity index (χ0n) is 17.9. The lowest BCUT2D eigenvalue weighted by molar-refractivity contribution is -0.126. The smallest absolute Gasteiger partial charge is 0.265 e. The molecule has 1 aromatic carbocycles. The molecular weight excluding hydrogens is 401 g/mol. The Labute approximate surface area is 181 Å². The number of aromatic nitrogens is 1. The quantitative estimate of drug-likeness (QED) is 0.649. The van der Waals surface area contributed by atoms with Gasteiger partial charge in [-0.2, -0.15) is 0 Å². The molecule has 1 saturated heterocycles. The van der Waals surface area contributed by atoms with Crippen LogP contribution in [0.5, 0.6) is 0 Å². The average Bonchev–Trinajstić information content (AvgIpc) is 3.15. The Bertz CT molecular complexity index is 873. The van der Waals surface area contributed by atoms with Crippen LogP contribution in [0.3, 0.4) is 0 Å². The molecule has 1 atom stereocenters. The van der Waals surface area contributed by atoms with E-state index in [-0.39, 0.29) is 23.5 Å². The van der Waals surface area contributed by atoms with Gasteiger partial charge in [-0.3, -0.25) is 9.59 Å². The summed E-state index contributed by atoms with van der Waals surface area (Å²) >= 11 is 1.35. The molecular formula is C23H30FN3O2S. The zero-order valence-corrected chi connectivity index (χ0v) is 18.7. The first-order valence-electron chi connectivity index (χ1n) is 10.7. The fraction of sp³-hybridized carbons (Fsp3) is 0.522. The van der Waals surface area contributed by atoms with Crippen molar-refractivity contribution in [3.63, 3.8) is 0 Å². The van der Waals surface area contributed by atoms with Crippen LogP contribution in [0.1, 0.15) is 54.9 Å². The third-order valence-electron chi connectivity index (χ3n) is 5.86. The molecule has 30 heavy (non-hydrogen) atoms. The molecule has 1 aliphatic heterocycles. The number of rotatable bonds is 7. The number of benzene rings is 1. The topological polar surface area (TPSA) is 62.3 Å². The lowest BCUT2D eigenvalue weighted by Crippen LogP contribution is -2.42. The molecule has 1 unspecified atom stereocenters. The summed E-state index contributed by atoms with van der Waals surface area (Å²) in [5.74, 6) is 0.0918. The van der Waals surface area contributed by atoms with Crippen LogP contribution in [0.4, 0.5) is 4.39 Å². The molecule has 1 aliphatic rings. The summed E-state index contributed by atoms with van der Waals surface area (Å²) in [6.07, 6.45) is 3.72. The molecule has 0 aliphatic carbocycles. The third-order valence-corrected chi connectivity index (χ3v) is 7.05. The van der Waals surface area contributed by atoms with Crippen LogP contribution >= 0.6 is 11.3 Å². The Balaban J connectivity index is 1.59. The van der Waals surface area contributed by atoms with Crippen molar-refractivity contribution in [1.29, 1.82) is 0 Å². The number of piperidine rings is 1. The lowest BCUT2D eigenvalue weighted by Gasteiger charge is -2.34. The number of carbonyl (C=O) groups is 2. The summed E-state index contributed by atoms with van der Waals surface area (Å²) < 4.78 is 13.2. The number of hydrogen-bond acceptors (Lipinski definition) is 4. The second-order valence-corrected chi connectivity index (χ2v) is 9.00. The van der Waals surface area contributed by atoms with Gasteiger partial charge in [0, 0.05) is 31.1 Å². The third kappa shape index (κ3) is 5.25. The molecule has 0 radical (unpaired) electrons. The SMILES string of the molecule is CCCCNC(=O)C(C)C1CCN(C(=O)c2sc(-c3ccc(F)cc3)nc2C)CC1. The highest BCUT2D eigenvalue weighted by Crippen LogP contribution is 2.31. The highest BCUT2D eigenvalue weighted by molar-refractivity contribution is 7.17. The summed E-state index contributed by atoms with van der Waals surface area (Å²) in [4.78, 5) is 32.4. The van der Waals surface area contributed by atoms with Crippen molar-refractivity contribution in [1.82, 2.24) is 15.2 Å². The number of aryl methyl sites for hydroxylation is 1. The van der Waals surface area contributed by atoms with Crippen molar-refractivity contribution in [2.24, 2.45) is 11.8 Å². The van der Waals surface area contributed by atoms with Gasteiger partial charge in [0.1, 0.15) is 15.7 Å². The zero-order chi connectivity index (χ0) is 21.7. The van der Waals surface area contributed by atoms with Crippen molar-refractivity contribution in [3.05, 3.63) is 40.7 Å². The van der Waals surface area contributed by atoms with E-state index in [1.165, 1.54) is 23.5 Å². The Morgan fingerprint density at radius 2 is 1.93 bits per heavy atom. The van der Waals surface area contributed by atoms with Gasteiger partial charge in [-0.15, -0.1) is 11.3 Å². The Kier molecular flexibility index (Phi) is 7.58. The largest absolute Gasteiger partial charge is 0.356 e. The van der Waals surface area contributed by atoms with Gasteiger partial charge in [-0.25, -0.2) is 9.37 Å². The monoisotopic (exact) mass is 431 g/mol. The minimum atomic E-state index is -0.292. The first kappa shape index (κ1) is 22.4. The summed E-state index contributed by atoms with van der Waals surface area (Å²) in [5, 5.41) is 3.75. The van der Waals surface area contributed by atoms with Crippen molar-refractivity contribution >= 4 is 23.2 Å². The van der Waals surface area contributed by atoms with Crippen LogP contribution in [-0.2, 0) is 4.79 Å². The van der Waals surface area contributed by atoms with Crippen LogP contribution in [0.15, 0.2) is 24.3 Å². The molecule has 2 heterocycles. The van der Waals surface area contributed by atoms with Gasteiger partial charge >= 0.3 is 0 Å². The molecule has 5 nitrogen and oxygen atoms in total. The normalized spacial score (nSPS) is 15.8. The summed E-state index contributed by atoms with van der Waals surface area (Å²) in [6, 6.07) is 6.16. The van der Waals surface area contributed by atoms with Gasteiger partial charge < -0.3 is 10.2 Å². The minimum absolute atomic E-state index is 0.00291. The highest BCUT2D eigenvalue weighted by Gasteiger charge is 2.31. The van der Waals surface area contributed by atoms with E-state index in [2.05, 4.69) is 17.2 Å². The van der Waals surface area contributed by atoms with Crippen LogP contribution in [0.2, 0.25) is 0 Å². The Morgan fingerprint density at radius 1 is 1.27 bits per heavy atom. The summed E-state index contributed by atoms with van der Waals surface area (Å²) in [6.45, 7) is 7.98. The van der Waals surface area contributed by atoms with E-state index in [0.717, 1.165) is 42.8 Å². The van der Waals surface area contributed by atoms with Crippen LogP contribution in [0.25, 0.3) is 10.6 Å². The van der Waals surface area contributed by atoms with Crippen LogP contribution in [0, 0.1) is 24.6 Å². The van der Waals surface area contributed by atoms with Gasteiger partial charge in [-0.05, 0) is 56.4 Å². The van der Waals surface area contributed by atoms with E-state index in [0.29, 0.717) is 29.6 Å². The van der Waals surface area contributed by atoms with Gasteiger partial charge in [0.15, 0.2) is 0 Å². The number of amides is 2. The number of nitrogens with zero attached hydrogens (tertiary/aromatic N) is 2. The van der Waals surface area contributed by atoms with E-state index in [4.69, 9.17) is 0 Å². The minimum Gasteiger partial charge on any atom is -0.356 e. The van der Waals surface area contributed by atoms with Crippen molar-refractivity contribution in [3.8, 4) is 10.6 Å². The maximum Gasteiger partial charge on any atom is 0.265 e. The van der Waals surface area contributed by atoms with Crippen molar-refractivity contribution < 1.29 is 14.0 Å². The number of hydrogen-bond donors (Lipinski definition) is 1. The molecule has 1 fully saturated rings.